The fraction of sp³-hybridized carbons (Fsp3) is 0.267. The smallest absolute Gasteiger partial charge is 0.165 e. The Balaban J connectivity index is 2.04. The van der Waals surface area contributed by atoms with Crippen LogP contribution in [0.5, 0.6) is 5.75 Å². The predicted molar refractivity (Wildman–Crippen MR) is 69.1 cm³/mol. The molecule has 0 aliphatic carbocycles. The molecular weight excluding hydrogens is 229 g/mol. The number of pyridine rings is 1. The average molecular weight is 245 g/mol. The summed E-state index contributed by atoms with van der Waals surface area (Å²) in [5, 5.41) is 9.11. The third kappa shape index (κ3) is 3.06. The van der Waals surface area contributed by atoms with E-state index in [-0.39, 0.29) is 5.75 Å². The zero-order valence-corrected chi connectivity index (χ0v) is 10.4. The first-order valence-corrected chi connectivity index (χ1v) is 6.09. The number of hydrogen-bond donors (Lipinski definition) is 1. The fourth-order valence-electron chi connectivity index (χ4n) is 1.87. The summed E-state index contributed by atoms with van der Waals surface area (Å²) in [4.78, 5) is 4.19. The van der Waals surface area contributed by atoms with E-state index in [0.717, 1.165) is 30.4 Å². The molecule has 94 valence electrons. The van der Waals surface area contributed by atoms with E-state index < -0.39 is 5.82 Å². The maximum Gasteiger partial charge on any atom is 0.165 e. The number of rotatable bonds is 4. The molecule has 1 aromatic heterocycles. The summed E-state index contributed by atoms with van der Waals surface area (Å²) >= 11 is 0. The van der Waals surface area contributed by atoms with E-state index in [2.05, 4.69) is 18.0 Å². The van der Waals surface area contributed by atoms with Crippen LogP contribution in [0.25, 0.3) is 0 Å². The Hall–Kier alpha value is -1.90. The average Bonchev–Trinajstić information content (AvgIpc) is 2.40. The Morgan fingerprint density at radius 2 is 1.78 bits per heavy atom. The van der Waals surface area contributed by atoms with Crippen molar-refractivity contribution in [3.8, 4) is 5.75 Å². The van der Waals surface area contributed by atoms with Gasteiger partial charge in [0.1, 0.15) is 0 Å². The molecule has 18 heavy (non-hydrogen) atoms. The zero-order chi connectivity index (χ0) is 13.0. The monoisotopic (exact) mass is 245 g/mol. The highest BCUT2D eigenvalue weighted by Gasteiger charge is 2.02. The van der Waals surface area contributed by atoms with Gasteiger partial charge < -0.3 is 5.11 Å². The third-order valence-electron chi connectivity index (χ3n) is 2.97. The van der Waals surface area contributed by atoms with Crippen molar-refractivity contribution in [2.75, 3.05) is 0 Å². The number of nitrogens with zero attached hydrogens (tertiary/aromatic N) is 1. The third-order valence-corrected chi connectivity index (χ3v) is 2.97. The molecule has 0 radical (unpaired) electrons. The molecular formula is C15H16FNO. The van der Waals surface area contributed by atoms with E-state index in [9.17, 15) is 4.39 Å². The first kappa shape index (κ1) is 12.6. The lowest BCUT2D eigenvalue weighted by molar-refractivity contribution is 0.432. The molecule has 2 rings (SSSR count). The van der Waals surface area contributed by atoms with Gasteiger partial charge in [-0.05, 0) is 48.1 Å². The largest absolute Gasteiger partial charge is 0.505 e. The summed E-state index contributed by atoms with van der Waals surface area (Å²) in [6, 6.07) is 6.65. The molecule has 0 atom stereocenters. The molecule has 1 N–H and O–H groups in total. The molecule has 3 heteroatoms. The second-order valence-electron chi connectivity index (χ2n) is 4.34. The second kappa shape index (κ2) is 5.63. The molecule has 2 aromatic rings. The van der Waals surface area contributed by atoms with Crippen molar-refractivity contribution in [1.82, 2.24) is 4.98 Å². The van der Waals surface area contributed by atoms with Gasteiger partial charge in [0, 0.05) is 12.4 Å². The molecule has 0 aliphatic rings. The molecule has 0 amide bonds. The van der Waals surface area contributed by atoms with Gasteiger partial charge in [-0.25, -0.2) is 4.39 Å². The first-order valence-electron chi connectivity index (χ1n) is 6.09. The van der Waals surface area contributed by atoms with Gasteiger partial charge in [-0.2, -0.15) is 0 Å². The number of phenolic OH excluding ortho intramolecular Hbond substituents is 1. The van der Waals surface area contributed by atoms with E-state index in [0.29, 0.717) is 0 Å². The number of hydrogen-bond acceptors (Lipinski definition) is 2. The standard InChI is InChI=1S/C15H16FNO/c1-2-11-7-13(10-17-9-11)4-3-12-5-6-15(18)14(16)8-12/h5-10,18H,2-4H2,1H3. The van der Waals surface area contributed by atoms with Gasteiger partial charge in [-0.1, -0.05) is 19.1 Å². The minimum absolute atomic E-state index is 0.298. The van der Waals surface area contributed by atoms with Crippen LogP contribution < -0.4 is 0 Å². The van der Waals surface area contributed by atoms with Gasteiger partial charge in [-0.3, -0.25) is 4.98 Å². The number of aromatic nitrogens is 1. The van der Waals surface area contributed by atoms with Gasteiger partial charge in [0.05, 0.1) is 0 Å². The van der Waals surface area contributed by atoms with Crippen molar-refractivity contribution >= 4 is 0 Å². The van der Waals surface area contributed by atoms with Crippen molar-refractivity contribution in [3.63, 3.8) is 0 Å². The zero-order valence-electron chi connectivity index (χ0n) is 10.4. The van der Waals surface area contributed by atoms with Crippen molar-refractivity contribution in [1.29, 1.82) is 0 Å². The van der Waals surface area contributed by atoms with Crippen LogP contribution in [0.15, 0.2) is 36.7 Å². The molecule has 0 fully saturated rings. The van der Waals surface area contributed by atoms with E-state index in [4.69, 9.17) is 5.11 Å². The number of halogens is 1. The van der Waals surface area contributed by atoms with Crippen LogP contribution in [0.4, 0.5) is 4.39 Å². The Morgan fingerprint density at radius 3 is 2.50 bits per heavy atom. The normalized spacial score (nSPS) is 10.6. The van der Waals surface area contributed by atoms with Crippen molar-refractivity contribution in [3.05, 3.63) is 59.2 Å². The maximum absolute atomic E-state index is 13.2. The number of aryl methyl sites for hydroxylation is 3. The summed E-state index contributed by atoms with van der Waals surface area (Å²) in [6.45, 7) is 2.09. The molecule has 1 heterocycles. The first-order chi connectivity index (χ1) is 8.69. The molecule has 1 aromatic carbocycles. The maximum atomic E-state index is 13.2. The Labute approximate surface area is 106 Å². The highest BCUT2D eigenvalue weighted by Crippen LogP contribution is 2.17. The SMILES string of the molecule is CCc1cncc(CCc2ccc(O)c(F)c2)c1. The number of phenols is 1. The van der Waals surface area contributed by atoms with Gasteiger partial charge in [0.2, 0.25) is 0 Å². The minimum atomic E-state index is -0.562. The molecule has 0 saturated heterocycles. The van der Waals surface area contributed by atoms with E-state index in [1.807, 2.05) is 12.4 Å². The Bertz CT molecular complexity index is 540. The Morgan fingerprint density at radius 1 is 1.06 bits per heavy atom. The molecule has 2 nitrogen and oxygen atoms in total. The van der Waals surface area contributed by atoms with Crippen molar-refractivity contribution in [2.24, 2.45) is 0 Å². The minimum Gasteiger partial charge on any atom is -0.505 e. The van der Waals surface area contributed by atoms with Crippen molar-refractivity contribution in [2.45, 2.75) is 26.2 Å². The van der Waals surface area contributed by atoms with Gasteiger partial charge in [-0.15, -0.1) is 0 Å². The highest BCUT2D eigenvalue weighted by atomic mass is 19.1. The second-order valence-corrected chi connectivity index (χ2v) is 4.34. The summed E-state index contributed by atoms with van der Waals surface area (Å²) in [7, 11) is 0. The molecule has 0 aliphatic heterocycles. The van der Waals surface area contributed by atoms with Crippen LogP contribution in [-0.4, -0.2) is 10.1 Å². The summed E-state index contributed by atoms with van der Waals surface area (Å²) in [5.74, 6) is -0.860. The fourth-order valence-corrected chi connectivity index (χ4v) is 1.87. The van der Waals surface area contributed by atoms with Crippen LogP contribution in [0.3, 0.4) is 0 Å². The van der Waals surface area contributed by atoms with Crippen LogP contribution in [0, 0.1) is 5.82 Å². The van der Waals surface area contributed by atoms with Gasteiger partial charge in [0.25, 0.3) is 0 Å². The van der Waals surface area contributed by atoms with E-state index in [1.165, 1.54) is 17.7 Å². The van der Waals surface area contributed by atoms with Crippen LogP contribution >= 0.6 is 0 Å². The molecule has 0 spiro atoms. The van der Waals surface area contributed by atoms with E-state index in [1.54, 1.807) is 6.07 Å². The predicted octanol–water partition coefficient (Wildman–Crippen LogP) is 3.27. The lowest BCUT2D eigenvalue weighted by Crippen LogP contribution is -1.94. The van der Waals surface area contributed by atoms with E-state index >= 15 is 0 Å². The lowest BCUT2D eigenvalue weighted by Gasteiger charge is -2.04. The number of benzene rings is 1. The Kier molecular flexibility index (Phi) is 3.92. The van der Waals surface area contributed by atoms with Gasteiger partial charge in [0.15, 0.2) is 11.6 Å². The lowest BCUT2D eigenvalue weighted by atomic mass is 10.0. The summed E-state index contributed by atoms with van der Waals surface area (Å²) < 4.78 is 13.2. The number of aromatic hydroxyl groups is 1. The summed E-state index contributed by atoms with van der Waals surface area (Å²) in [5.41, 5.74) is 3.25. The molecule has 0 bridgehead atoms. The molecule has 0 unspecified atom stereocenters. The van der Waals surface area contributed by atoms with Gasteiger partial charge >= 0.3 is 0 Å². The van der Waals surface area contributed by atoms with Crippen LogP contribution in [0.1, 0.15) is 23.6 Å². The van der Waals surface area contributed by atoms with Crippen LogP contribution in [-0.2, 0) is 19.3 Å². The molecule has 0 saturated carbocycles. The summed E-state index contributed by atoms with van der Waals surface area (Å²) in [6.07, 6.45) is 6.24. The highest BCUT2D eigenvalue weighted by molar-refractivity contribution is 5.29. The topological polar surface area (TPSA) is 33.1 Å². The quantitative estimate of drug-likeness (QED) is 0.896. The van der Waals surface area contributed by atoms with Crippen molar-refractivity contribution < 1.29 is 9.50 Å². The van der Waals surface area contributed by atoms with Crippen LogP contribution in [0.2, 0.25) is 0 Å².